The van der Waals surface area contributed by atoms with E-state index in [1.54, 1.807) is 0 Å². The molecule has 0 spiro atoms. The van der Waals surface area contributed by atoms with Crippen molar-refractivity contribution >= 4 is 12.6 Å². The van der Waals surface area contributed by atoms with Crippen molar-refractivity contribution in [2.75, 3.05) is 18.8 Å². The molecule has 0 aromatic carbocycles. The van der Waals surface area contributed by atoms with E-state index in [0.717, 1.165) is 17.7 Å². The minimum absolute atomic E-state index is 0.926. The van der Waals surface area contributed by atoms with Gasteiger partial charge in [-0.3, -0.25) is 4.90 Å². The largest absolute Gasteiger partial charge is 0.299 e. The lowest BCUT2D eigenvalue weighted by Gasteiger charge is -2.28. The molecule has 0 aromatic rings. The Kier molecular flexibility index (Phi) is 3.56. The molecule has 1 saturated heterocycles. The van der Waals surface area contributed by atoms with Crippen LogP contribution in [0, 0.1) is 5.92 Å². The molecule has 0 amide bonds. The van der Waals surface area contributed by atoms with Gasteiger partial charge in [-0.1, -0.05) is 12.8 Å². The van der Waals surface area contributed by atoms with E-state index in [-0.39, 0.29) is 0 Å². The summed E-state index contributed by atoms with van der Waals surface area (Å²) in [5.74, 6) is 2.06. The standard InChI is InChI=1S/C11H21NS/c13-9-8-12-7-3-6-11(12)10-4-1-2-5-10/h10-11,13H,1-9H2. The fourth-order valence-electron chi connectivity index (χ4n) is 3.13. The Morgan fingerprint density at radius 3 is 2.54 bits per heavy atom. The zero-order valence-corrected chi connectivity index (χ0v) is 9.31. The van der Waals surface area contributed by atoms with E-state index in [9.17, 15) is 0 Å². The van der Waals surface area contributed by atoms with Gasteiger partial charge in [-0.2, -0.15) is 12.6 Å². The molecule has 0 N–H and O–H groups in total. The van der Waals surface area contributed by atoms with Crippen molar-refractivity contribution in [1.29, 1.82) is 0 Å². The van der Waals surface area contributed by atoms with Gasteiger partial charge in [-0.15, -0.1) is 0 Å². The summed E-state index contributed by atoms with van der Waals surface area (Å²) in [6, 6.07) is 0.926. The molecule has 2 fully saturated rings. The summed E-state index contributed by atoms with van der Waals surface area (Å²) in [6.07, 6.45) is 8.83. The summed E-state index contributed by atoms with van der Waals surface area (Å²) >= 11 is 4.34. The summed E-state index contributed by atoms with van der Waals surface area (Å²) in [6.45, 7) is 2.55. The lowest BCUT2D eigenvalue weighted by molar-refractivity contribution is 0.201. The van der Waals surface area contributed by atoms with Gasteiger partial charge in [0.25, 0.3) is 0 Å². The van der Waals surface area contributed by atoms with Gasteiger partial charge >= 0.3 is 0 Å². The lowest BCUT2D eigenvalue weighted by atomic mass is 9.96. The molecule has 1 aliphatic carbocycles. The van der Waals surface area contributed by atoms with Gasteiger partial charge in [0.2, 0.25) is 0 Å². The first-order chi connectivity index (χ1) is 6.42. The Bertz CT molecular complexity index is 154. The average Bonchev–Trinajstić information content (AvgIpc) is 2.71. The third-order valence-electron chi connectivity index (χ3n) is 3.75. The molecular formula is C11H21NS. The SMILES string of the molecule is SCCN1CCCC1C1CCCC1. The first-order valence-corrected chi connectivity index (χ1v) is 6.40. The van der Waals surface area contributed by atoms with Gasteiger partial charge < -0.3 is 0 Å². The summed E-state index contributed by atoms with van der Waals surface area (Å²) < 4.78 is 0. The smallest absolute Gasteiger partial charge is 0.0124 e. The second-order valence-electron chi connectivity index (χ2n) is 4.51. The number of hydrogen-bond acceptors (Lipinski definition) is 2. The number of hydrogen-bond donors (Lipinski definition) is 1. The fourth-order valence-corrected chi connectivity index (χ4v) is 3.39. The molecule has 0 aromatic heterocycles. The topological polar surface area (TPSA) is 3.24 Å². The van der Waals surface area contributed by atoms with Gasteiger partial charge in [-0.25, -0.2) is 0 Å². The van der Waals surface area contributed by atoms with Crippen molar-refractivity contribution in [1.82, 2.24) is 4.90 Å². The van der Waals surface area contributed by atoms with Gasteiger partial charge in [-0.05, 0) is 38.1 Å². The summed E-state index contributed by atoms with van der Waals surface area (Å²) in [7, 11) is 0. The molecule has 2 rings (SSSR count). The molecule has 76 valence electrons. The summed E-state index contributed by atoms with van der Waals surface area (Å²) in [4.78, 5) is 2.68. The fraction of sp³-hybridized carbons (Fsp3) is 1.00. The molecule has 1 heterocycles. The number of nitrogens with zero attached hydrogens (tertiary/aromatic N) is 1. The molecule has 13 heavy (non-hydrogen) atoms. The number of thiol groups is 1. The van der Waals surface area contributed by atoms with Crippen LogP contribution in [-0.4, -0.2) is 29.8 Å². The molecule has 1 saturated carbocycles. The van der Waals surface area contributed by atoms with Crippen molar-refractivity contribution in [3.63, 3.8) is 0 Å². The second kappa shape index (κ2) is 4.70. The predicted octanol–water partition coefficient (Wildman–Crippen LogP) is 2.57. The Morgan fingerprint density at radius 2 is 1.85 bits per heavy atom. The van der Waals surface area contributed by atoms with Crippen LogP contribution in [0.5, 0.6) is 0 Å². The average molecular weight is 199 g/mol. The van der Waals surface area contributed by atoms with Crippen LogP contribution in [-0.2, 0) is 0 Å². The van der Waals surface area contributed by atoms with Crippen LogP contribution in [0.4, 0.5) is 0 Å². The van der Waals surface area contributed by atoms with Crippen molar-refractivity contribution < 1.29 is 0 Å². The molecule has 1 aliphatic heterocycles. The predicted molar refractivity (Wildman–Crippen MR) is 60.4 cm³/mol. The molecule has 1 nitrogen and oxygen atoms in total. The Labute approximate surface area is 87.3 Å². The normalized spacial score (nSPS) is 31.6. The van der Waals surface area contributed by atoms with Crippen LogP contribution in [0.25, 0.3) is 0 Å². The van der Waals surface area contributed by atoms with Gasteiger partial charge in [0, 0.05) is 18.3 Å². The quantitative estimate of drug-likeness (QED) is 0.684. The van der Waals surface area contributed by atoms with E-state index in [4.69, 9.17) is 0 Å². The van der Waals surface area contributed by atoms with Crippen LogP contribution >= 0.6 is 12.6 Å². The van der Waals surface area contributed by atoms with E-state index in [2.05, 4.69) is 17.5 Å². The highest BCUT2D eigenvalue weighted by molar-refractivity contribution is 7.80. The van der Waals surface area contributed by atoms with E-state index >= 15 is 0 Å². The number of rotatable bonds is 3. The van der Waals surface area contributed by atoms with E-state index in [1.807, 2.05) is 0 Å². The van der Waals surface area contributed by atoms with E-state index in [1.165, 1.54) is 51.6 Å². The maximum absolute atomic E-state index is 4.34. The molecule has 0 bridgehead atoms. The van der Waals surface area contributed by atoms with Crippen LogP contribution in [0.1, 0.15) is 38.5 Å². The summed E-state index contributed by atoms with van der Waals surface area (Å²) in [5, 5.41) is 0. The first kappa shape index (κ1) is 9.85. The van der Waals surface area contributed by atoms with Crippen LogP contribution in [0.2, 0.25) is 0 Å². The van der Waals surface area contributed by atoms with Crippen LogP contribution < -0.4 is 0 Å². The molecule has 1 atom stereocenters. The first-order valence-electron chi connectivity index (χ1n) is 5.76. The van der Waals surface area contributed by atoms with Crippen LogP contribution in [0.15, 0.2) is 0 Å². The highest BCUT2D eigenvalue weighted by atomic mass is 32.1. The molecule has 2 heteroatoms. The Hall–Kier alpha value is 0.310. The number of likely N-dealkylation sites (tertiary alicyclic amines) is 1. The Morgan fingerprint density at radius 1 is 1.08 bits per heavy atom. The molecule has 0 radical (unpaired) electrons. The minimum atomic E-state index is 0.926. The van der Waals surface area contributed by atoms with Crippen molar-refractivity contribution in [2.45, 2.75) is 44.6 Å². The zero-order chi connectivity index (χ0) is 9.10. The maximum atomic E-state index is 4.34. The van der Waals surface area contributed by atoms with Gasteiger partial charge in [0.15, 0.2) is 0 Å². The maximum Gasteiger partial charge on any atom is 0.0124 e. The monoisotopic (exact) mass is 199 g/mol. The van der Waals surface area contributed by atoms with Gasteiger partial charge in [0.05, 0.1) is 0 Å². The van der Waals surface area contributed by atoms with Crippen LogP contribution in [0.3, 0.4) is 0 Å². The van der Waals surface area contributed by atoms with Crippen molar-refractivity contribution in [2.24, 2.45) is 5.92 Å². The van der Waals surface area contributed by atoms with E-state index in [0.29, 0.717) is 0 Å². The lowest BCUT2D eigenvalue weighted by Crippen LogP contribution is -2.35. The van der Waals surface area contributed by atoms with Crippen molar-refractivity contribution in [3.05, 3.63) is 0 Å². The summed E-state index contributed by atoms with van der Waals surface area (Å²) in [5.41, 5.74) is 0. The molecule has 2 aliphatic rings. The zero-order valence-electron chi connectivity index (χ0n) is 8.41. The third kappa shape index (κ3) is 2.21. The van der Waals surface area contributed by atoms with Crippen molar-refractivity contribution in [3.8, 4) is 0 Å². The van der Waals surface area contributed by atoms with Gasteiger partial charge in [0.1, 0.15) is 0 Å². The molecular weight excluding hydrogens is 178 g/mol. The highest BCUT2D eigenvalue weighted by Gasteiger charge is 2.32. The minimum Gasteiger partial charge on any atom is -0.299 e. The van der Waals surface area contributed by atoms with E-state index < -0.39 is 0 Å². The second-order valence-corrected chi connectivity index (χ2v) is 4.96. The highest BCUT2D eigenvalue weighted by Crippen LogP contribution is 2.35. The third-order valence-corrected chi connectivity index (χ3v) is 3.95. The molecule has 1 unspecified atom stereocenters. The Balaban J connectivity index is 1.88.